The molecule has 3 rings (SSSR count). The lowest BCUT2D eigenvalue weighted by molar-refractivity contribution is 1.02. The molecule has 0 aliphatic carbocycles. The molecule has 0 unspecified atom stereocenters. The number of aryl methyl sites for hydroxylation is 1. The minimum Gasteiger partial charge on any atom is -0.264 e. The minimum atomic E-state index is 0.914. The topological polar surface area (TPSA) is 38.7 Å². The highest BCUT2D eigenvalue weighted by Gasteiger charge is 2.08. The number of benzene rings is 1. The van der Waals surface area contributed by atoms with Gasteiger partial charge < -0.3 is 0 Å². The molecule has 3 aromatic rings. The van der Waals surface area contributed by atoms with E-state index in [9.17, 15) is 0 Å². The lowest BCUT2D eigenvalue weighted by Crippen LogP contribution is -1.93. The van der Waals surface area contributed by atoms with E-state index in [1.54, 1.807) is 6.20 Å². The zero-order valence-corrected chi connectivity index (χ0v) is 9.46. The van der Waals surface area contributed by atoms with Crippen molar-refractivity contribution < 1.29 is 0 Å². The second-order valence-electron chi connectivity index (χ2n) is 3.92. The predicted molar refractivity (Wildman–Crippen MR) is 67.5 cm³/mol. The molecule has 0 spiro atoms. The van der Waals surface area contributed by atoms with E-state index in [0.717, 1.165) is 27.7 Å². The molecule has 0 bridgehead atoms. The summed E-state index contributed by atoms with van der Waals surface area (Å²) in [5.41, 5.74) is 4.04. The summed E-state index contributed by atoms with van der Waals surface area (Å²) in [6, 6.07) is 12.0. The third-order valence-electron chi connectivity index (χ3n) is 2.79. The zero-order valence-electron chi connectivity index (χ0n) is 9.46. The van der Waals surface area contributed by atoms with Crippen LogP contribution in [0.4, 0.5) is 0 Å². The first kappa shape index (κ1) is 9.90. The van der Waals surface area contributed by atoms with Gasteiger partial charge in [0.2, 0.25) is 0 Å². The second-order valence-corrected chi connectivity index (χ2v) is 3.92. The zero-order chi connectivity index (χ0) is 11.7. The molecule has 0 radical (unpaired) electrons. The van der Waals surface area contributed by atoms with E-state index in [1.807, 2.05) is 43.5 Å². The number of hydrogen-bond acceptors (Lipinski definition) is 3. The van der Waals surface area contributed by atoms with Crippen LogP contribution in [0, 0.1) is 6.92 Å². The average Bonchev–Trinajstić information content (AvgIpc) is 2.39. The Hall–Kier alpha value is -2.29. The van der Waals surface area contributed by atoms with Gasteiger partial charge in [-0.05, 0) is 19.1 Å². The van der Waals surface area contributed by atoms with Crippen molar-refractivity contribution in [3.05, 3.63) is 54.5 Å². The fraction of sp³-hybridized carbons (Fsp3) is 0.0714. The van der Waals surface area contributed by atoms with E-state index in [2.05, 4.69) is 21.2 Å². The van der Waals surface area contributed by atoms with Crippen LogP contribution in [0.15, 0.2) is 48.8 Å². The summed E-state index contributed by atoms with van der Waals surface area (Å²) < 4.78 is 0. The second kappa shape index (κ2) is 3.94. The van der Waals surface area contributed by atoms with Crippen LogP contribution in [0.1, 0.15) is 5.69 Å². The van der Waals surface area contributed by atoms with Crippen molar-refractivity contribution in [3.8, 4) is 11.1 Å². The van der Waals surface area contributed by atoms with Crippen molar-refractivity contribution in [1.29, 1.82) is 0 Å². The maximum absolute atomic E-state index is 4.21. The predicted octanol–water partition coefficient (Wildman–Crippen LogP) is 3.00. The molecule has 0 saturated carbocycles. The molecular weight excluding hydrogens is 210 g/mol. The lowest BCUT2D eigenvalue weighted by Gasteiger charge is -2.07. The molecular formula is C14H11N3. The molecule has 3 nitrogen and oxygen atoms in total. The first-order valence-electron chi connectivity index (χ1n) is 5.48. The first-order valence-corrected chi connectivity index (χ1v) is 5.48. The van der Waals surface area contributed by atoms with Gasteiger partial charge in [0.05, 0.1) is 11.2 Å². The highest BCUT2D eigenvalue weighted by atomic mass is 15.1. The number of nitrogens with zero attached hydrogens (tertiary/aromatic N) is 3. The van der Waals surface area contributed by atoms with E-state index < -0.39 is 0 Å². The monoisotopic (exact) mass is 221 g/mol. The Morgan fingerprint density at radius 1 is 0.941 bits per heavy atom. The summed E-state index contributed by atoms with van der Waals surface area (Å²) in [6.45, 7) is 1.97. The van der Waals surface area contributed by atoms with Crippen LogP contribution in [-0.4, -0.2) is 15.2 Å². The van der Waals surface area contributed by atoms with Crippen molar-refractivity contribution >= 4 is 10.9 Å². The van der Waals surface area contributed by atoms with Gasteiger partial charge >= 0.3 is 0 Å². The standard InChI is InChI=1S/C14H11N3/c1-10-14(11-5-4-8-15-9-11)12-6-2-3-7-13(12)17-16-10/h2-9H,1H3. The van der Waals surface area contributed by atoms with Gasteiger partial charge in [0.25, 0.3) is 0 Å². The number of hydrogen-bond donors (Lipinski definition) is 0. The van der Waals surface area contributed by atoms with E-state index >= 15 is 0 Å². The Kier molecular flexibility index (Phi) is 2.29. The summed E-state index contributed by atoms with van der Waals surface area (Å²) in [5.74, 6) is 0. The molecule has 82 valence electrons. The number of aromatic nitrogens is 3. The fourth-order valence-electron chi connectivity index (χ4n) is 2.02. The number of fused-ring (bicyclic) bond motifs is 1. The Morgan fingerprint density at radius 3 is 2.65 bits per heavy atom. The van der Waals surface area contributed by atoms with Gasteiger partial charge in [-0.1, -0.05) is 24.3 Å². The smallest absolute Gasteiger partial charge is 0.0936 e. The van der Waals surface area contributed by atoms with Gasteiger partial charge in [-0.15, -0.1) is 0 Å². The summed E-state index contributed by atoms with van der Waals surface area (Å²) in [6.07, 6.45) is 3.63. The van der Waals surface area contributed by atoms with Gasteiger partial charge in [0, 0.05) is 28.9 Å². The molecule has 17 heavy (non-hydrogen) atoms. The van der Waals surface area contributed by atoms with Crippen LogP contribution < -0.4 is 0 Å². The third kappa shape index (κ3) is 1.65. The van der Waals surface area contributed by atoms with Gasteiger partial charge in [-0.25, -0.2) is 0 Å². The molecule has 2 aromatic heterocycles. The molecule has 0 aliphatic heterocycles. The molecule has 1 aromatic carbocycles. The highest BCUT2D eigenvalue weighted by Crippen LogP contribution is 2.28. The van der Waals surface area contributed by atoms with Crippen LogP contribution in [-0.2, 0) is 0 Å². The molecule has 2 heterocycles. The molecule has 0 aliphatic rings. The lowest BCUT2D eigenvalue weighted by atomic mass is 10.0. The van der Waals surface area contributed by atoms with Crippen molar-refractivity contribution in [2.45, 2.75) is 6.92 Å². The van der Waals surface area contributed by atoms with Crippen molar-refractivity contribution in [2.24, 2.45) is 0 Å². The van der Waals surface area contributed by atoms with Gasteiger partial charge in [0.15, 0.2) is 0 Å². The molecule has 0 N–H and O–H groups in total. The van der Waals surface area contributed by atoms with Gasteiger partial charge in [-0.2, -0.15) is 10.2 Å². The van der Waals surface area contributed by atoms with E-state index in [4.69, 9.17) is 0 Å². The summed E-state index contributed by atoms with van der Waals surface area (Å²) in [4.78, 5) is 4.16. The normalized spacial score (nSPS) is 10.6. The van der Waals surface area contributed by atoms with Crippen molar-refractivity contribution in [2.75, 3.05) is 0 Å². The Morgan fingerprint density at radius 2 is 1.82 bits per heavy atom. The number of rotatable bonds is 1. The Labute approximate surface area is 99.2 Å². The van der Waals surface area contributed by atoms with Crippen LogP contribution in [0.25, 0.3) is 22.0 Å². The SMILES string of the molecule is Cc1nnc2ccccc2c1-c1cccnc1. The molecule has 0 amide bonds. The first-order chi connectivity index (χ1) is 8.36. The Bertz CT molecular complexity index is 663. The van der Waals surface area contributed by atoms with E-state index in [-0.39, 0.29) is 0 Å². The van der Waals surface area contributed by atoms with Crippen molar-refractivity contribution in [3.63, 3.8) is 0 Å². The van der Waals surface area contributed by atoms with Crippen molar-refractivity contribution in [1.82, 2.24) is 15.2 Å². The summed E-state index contributed by atoms with van der Waals surface area (Å²) in [7, 11) is 0. The largest absolute Gasteiger partial charge is 0.264 e. The van der Waals surface area contributed by atoms with Crippen LogP contribution in [0.2, 0.25) is 0 Å². The van der Waals surface area contributed by atoms with E-state index in [0.29, 0.717) is 0 Å². The van der Waals surface area contributed by atoms with Crippen LogP contribution >= 0.6 is 0 Å². The van der Waals surface area contributed by atoms with Gasteiger partial charge in [-0.3, -0.25) is 4.98 Å². The van der Waals surface area contributed by atoms with Crippen LogP contribution in [0.3, 0.4) is 0 Å². The Balaban J connectivity index is 2.39. The highest BCUT2D eigenvalue weighted by molar-refractivity contribution is 5.94. The van der Waals surface area contributed by atoms with Gasteiger partial charge in [0.1, 0.15) is 0 Å². The molecule has 0 saturated heterocycles. The van der Waals surface area contributed by atoms with Crippen LogP contribution in [0.5, 0.6) is 0 Å². The van der Waals surface area contributed by atoms with E-state index in [1.165, 1.54) is 0 Å². The molecule has 0 fully saturated rings. The quantitative estimate of drug-likeness (QED) is 0.634. The minimum absolute atomic E-state index is 0.914. The third-order valence-corrected chi connectivity index (χ3v) is 2.79. The summed E-state index contributed by atoms with van der Waals surface area (Å²) >= 11 is 0. The maximum Gasteiger partial charge on any atom is 0.0936 e. The summed E-state index contributed by atoms with van der Waals surface area (Å²) in [5, 5.41) is 9.52. The maximum atomic E-state index is 4.21. The fourth-order valence-corrected chi connectivity index (χ4v) is 2.02. The average molecular weight is 221 g/mol. The molecule has 3 heteroatoms. The molecule has 0 atom stereocenters. The number of pyridine rings is 1.